The van der Waals surface area contributed by atoms with Gasteiger partial charge in [-0.05, 0) is 43.5 Å². The van der Waals surface area contributed by atoms with Crippen LogP contribution in [0.4, 0.5) is 0 Å². The number of aliphatic hydroxyl groups is 6. The summed E-state index contributed by atoms with van der Waals surface area (Å²) >= 11 is 0. The summed E-state index contributed by atoms with van der Waals surface area (Å²) in [6, 6.07) is 5.91. The van der Waals surface area contributed by atoms with Crippen molar-refractivity contribution < 1.29 is 54.4 Å². The first-order chi connectivity index (χ1) is 26.1. The summed E-state index contributed by atoms with van der Waals surface area (Å²) in [4.78, 5) is 25.2. The highest BCUT2D eigenvalue weighted by molar-refractivity contribution is 5.94. The van der Waals surface area contributed by atoms with Gasteiger partial charge in [0.25, 0.3) is 5.91 Å². The van der Waals surface area contributed by atoms with Gasteiger partial charge in [-0.15, -0.1) is 0 Å². The van der Waals surface area contributed by atoms with Crippen LogP contribution >= 0.6 is 0 Å². The summed E-state index contributed by atoms with van der Waals surface area (Å²) in [5.74, 6) is 0.249. The number of rotatable bonds is 31. The summed E-state index contributed by atoms with van der Waals surface area (Å²) in [5.41, 5.74) is 0.582. The highest BCUT2D eigenvalue weighted by Crippen LogP contribution is 2.23. The largest absolute Gasteiger partial charge is 0.497 e. The molecule has 1 heterocycles. The molecule has 3 unspecified atom stereocenters. The molecule has 1 aliphatic heterocycles. The minimum atomic E-state index is -1.63. The van der Waals surface area contributed by atoms with Gasteiger partial charge in [0.15, 0.2) is 6.29 Å². The second-order valence-corrected chi connectivity index (χ2v) is 14.8. The Morgan fingerprint density at radius 3 is 1.89 bits per heavy atom. The first-order valence-corrected chi connectivity index (χ1v) is 20.6. The number of amides is 2. The van der Waals surface area contributed by atoms with Crippen LogP contribution in [0.1, 0.15) is 146 Å². The molecule has 0 aromatic heterocycles. The topological polar surface area (TPSA) is 207 Å². The van der Waals surface area contributed by atoms with Gasteiger partial charge in [-0.25, -0.2) is 0 Å². The molecule has 1 saturated heterocycles. The van der Waals surface area contributed by atoms with Crippen molar-refractivity contribution in [1.29, 1.82) is 0 Å². The average Bonchev–Trinajstić information content (AvgIpc) is 3.18. The summed E-state index contributed by atoms with van der Waals surface area (Å²) < 4.78 is 16.2. The zero-order valence-electron chi connectivity index (χ0n) is 32.9. The van der Waals surface area contributed by atoms with E-state index in [1.807, 2.05) is 0 Å². The molecule has 8 N–H and O–H groups in total. The number of hydrogen-bond acceptors (Lipinski definition) is 11. The van der Waals surface area contributed by atoms with Crippen LogP contribution in [0, 0.1) is 0 Å². The molecule has 2 rings (SSSR count). The molecule has 1 aromatic rings. The highest BCUT2D eigenvalue weighted by atomic mass is 16.7. The molecular formula is C41H72N2O11. The van der Waals surface area contributed by atoms with Crippen molar-refractivity contribution in [1.82, 2.24) is 10.6 Å². The predicted octanol–water partition coefficient (Wildman–Crippen LogP) is 4.27. The zero-order chi connectivity index (χ0) is 39.6. The lowest BCUT2D eigenvalue weighted by Crippen LogP contribution is -2.60. The molecule has 8 atom stereocenters. The Labute approximate surface area is 323 Å². The number of benzene rings is 1. The smallest absolute Gasteiger partial charge is 0.251 e. The Bertz CT molecular complexity index is 1110. The molecular weight excluding hydrogens is 696 g/mol. The number of carbonyl (C=O) groups excluding carboxylic acids is 2. The van der Waals surface area contributed by atoms with Gasteiger partial charge in [-0.1, -0.05) is 110 Å². The van der Waals surface area contributed by atoms with Gasteiger partial charge in [-0.3, -0.25) is 9.59 Å². The van der Waals surface area contributed by atoms with E-state index in [4.69, 9.17) is 14.2 Å². The van der Waals surface area contributed by atoms with Gasteiger partial charge in [0, 0.05) is 18.5 Å². The van der Waals surface area contributed by atoms with Gasteiger partial charge >= 0.3 is 0 Å². The lowest BCUT2D eigenvalue weighted by Gasteiger charge is -2.40. The van der Waals surface area contributed by atoms with Crippen LogP contribution in [0.15, 0.2) is 24.3 Å². The second kappa shape index (κ2) is 29.0. The number of aliphatic hydroxyl groups excluding tert-OH is 6. The van der Waals surface area contributed by atoms with Crippen molar-refractivity contribution in [2.75, 3.05) is 26.9 Å². The Morgan fingerprint density at radius 2 is 1.31 bits per heavy atom. The van der Waals surface area contributed by atoms with E-state index in [2.05, 4.69) is 17.6 Å². The molecule has 312 valence electrons. The summed E-state index contributed by atoms with van der Waals surface area (Å²) in [6.07, 6.45) is 9.86. The third-order valence-electron chi connectivity index (χ3n) is 10.3. The molecule has 1 aromatic carbocycles. The molecule has 1 fully saturated rings. The first kappa shape index (κ1) is 47.8. The van der Waals surface area contributed by atoms with Crippen LogP contribution in [0.5, 0.6) is 5.75 Å². The normalized spacial score (nSPS) is 21.7. The van der Waals surface area contributed by atoms with Gasteiger partial charge in [0.05, 0.1) is 32.5 Å². The fourth-order valence-corrected chi connectivity index (χ4v) is 6.71. The van der Waals surface area contributed by atoms with E-state index in [0.29, 0.717) is 30.7 Å². The van der Waals surface area contributed by atoms with Crippen molar-refractivity contribution in [2.45, 2.75) is 184 Å². The van der Waals surface area contributed by atoms with Gasteiger partial charge in [0.2, 0.25) is 5.91 Å². The summed E-state index contributed by atoms with van der Waals surface area (Å²) in [6.45, 7) is 1.84. The van der Waals surface area contributed by atoms with Crippen LogP contribution < -0.4 is 15.4 Å². The molecule has 13 nitrogen and oxygen atoms in total. The van der Waals surface area contributed by atoms with E-state index in [-0.39, 0.29) is 24.8 Å². The van der Waals surface area contributed by atoms with Gasteiger partial charge in [-0.2, -0.15) is 0 Å². The predicted molar refractivity (Wildman–Crippen MR) is 207 cm³/mol. The Morgan fingerprint density at radius 1 is 0.759 bits per heavy atom. The van der Waals surface area contributed by atoms with Crippen molar-refractivity contribution in [3.05, 3.63) is 29.8 Å². The standard InChI is InChI=1S/C41H72N2O11/c1-3-4-5-6-7-8-9-10-11-12-15-18-21-33(45)36(47)32(29-53-41-39(50)38(49)37(48)34(28-44)54-41)43-35(46)22-19-16-13-14-17-20-27-42-40(51)30-23-25-31(52-2)26-24-30/h23-26,32-34,36-39,41,44-45,47-50H,3-22,27-29H2,1-2H3,(H,42,51)(H,43,46)/t32?,33?,34-,36?,37+,38+,39-,41+/m1/s1. The van der Waals surface area contributed by atoms with Crippen molar-refractivity contribution >= 4 is 11.8 Å². The maximum atomic E-state index is 13.0. The minimum absolute atomic E-state index is 0.123. The lowest BCUT2D eigenvalue weighted by atomic mass is 9.98. The van der Waals surface area contributed by atoms with Crippen LogP contribution in [-0.2, 0) is 14.3 Å². The molecule has 54 heavy (non-hydrogen) atoms. The fourth-order valence-electron chi connectivity index (χ4n) is 6.71. The van der Waals surface area contributed by atoms with E-state index in [1.54, 1.807) is 31.4 Å². The number of methoxy groups -OCH3 is 1. The number of nitrogens with one attached hydrogen (secondary N) is 2. The van der Waals surface area contributed by atoms with E-state index in [1.165, 1.54) is 51.4 Å². The number of ether oxygens (including phenoxy) is 3. The van der Waals surface area contributed by atoms with E-state index < -0.39 is 55.6 Å². The SMILES string of the molecule is CCCCCCCCCCCCCCC(O)C(O)C(CO[C@H]1O[C@H](CO)[C@H](O)[C@H](O)[C@H]1O)NC(=O)CCCCCCCCNC(=O)c1ccc(OC)cc1. The highest BCUT2D eigenvalue weighted by Gasteiger charge is 2.44. The quantitative estimate of drug-likeness (QED) is 0.0501. The molecule has 0 spiro atoms. The van der Waals surface area contributed by atoms with E-state index in [0.717, 1.165) is 57.8 Å². The molecule has 0 radical (unpaired) electrons. The van der Waals surface area contributed by atoms with E-state index >= 15 is 0 Å². The summed E-state index contributed by atoms with van der Waals surface area (Å²) in [5, 5.41) is 67.9. The van der Waals surface area contributed by atoms with Crippen molar-refractivity contribution in [3.8, 4) is 5.75 Å². The lowest BCUT2D eigenvalue weighted by molar-refractivity contribution is -0.303. The third kappa shape index (κ3) is 19.0. The molecule has 2 amide bonds. The van der Waals surface area contributed by atoms with Gasteiger partial charge in [0.1, 0.15) is 36.3 Å². The summed E-state index contributed by atoms with van der Waals surface area (Å²) in [7, 11) is 1.58. The number of hydrogen-bond donors (Lipinski definition) is 8. The monoisotopic (exact) mass is 769 g/mol. The maximum Gasteiger partial charge on any atom is 0.251 e. The molecule has 13 heteroatoms. The van der Waals surface area contributed by atoms with Crippen LogP contribution in [-0.4, -0.2) is 118 Å². The average molecular weight is 769 g/mol. The van der Waals surface area contributed by atoms with Crippen molar-refractivity contribution in [2.24, 2.45) is 0 Å². The molecule has 1 aliphatic rings. The van der Waals surface area contributed by atoms with Gasteiger partial charge < -0.3 is 55.5 Å². The Balaban J connectivity index is 1.73. The number of carbonyl (C=O) groups is 2. The zero-order valence-corrected chi connectivity index (χ0v) is 32.9. The van der Waals surface area contributed by atoms with E-state index in [9.17, 15) is 40.2 Å². The molecule has 0 saturated carbocycles. The Kier molecular flexibility index (Phi) is 25.6. The molecule has 0 bridgehead atoms. The molecule has 0 aliphatic carbocycles. The number of unbranched alkanes of at least 4 members (excludes halogenated alkanes) is 16. The fraction of sp³-hybridized carbons (Fsp3) is 0.805. The van der Waals surface area contributed by atoms with Crippen LogP contribution in [0.25, 0.3) is 0 Å². The van der Waals surface area contributed by atoms with Crippen LogP contribution in [0.2, 0.25) is 0 Å². The van der Waals surface area contributed by atoms with Crippen LogP contribution in [0.3, 0.4) is 0 Å². The minimum Gasteiger partial charge on any atom is -0.497 e. The van der Waals surface area contributed by atoms with Crippen molar-refractivity contribution in [3.63, 3.8) is 0 Å². The maximum absolute atomic E-state index is 13.0. The Hall–Kier alpha value is -2.36. The first-order valence-electron chi connectivity index (χ1n) is 20.6. The third-order valence-corrected chi connectivity index (χ3v) is 10.3. The second-order valence-electron chi connectivity index (χ2n) is 14.8.